The molecular weight excluding hydrogens is 314 g/mol. The molecule has 0 aliphatic carbocycles. The molecule has 0 saturated carbocycles. The predicted molar refractivity (Wildman–Crippen MR) is 83.8 cm³/mol. The molecule has 0 spiro atoms. The molecule has 2 bridgehead atoms. The molecule has 128 valence electrons. The van der Waals surface area contributed by atoms with E-state index in [2.05, 4.69) is 5.32 Å². The summed E-state index contributed by atoms with van der Waals surface area (Å²) >= 11 is 0. The van der Waals surface area contributed by atoms with Crippen molar-refractivity contribution in [3.05, 3.63) is 35.9 Å². The Balaban J connectivity index is 1.67. The Hall–Kier alpha value is -2.54. The minimum absolute atomic E-state index is 0.267. The molecule has 1 aromatic carbocycles. The Kier molecular flexibility index (Phi) is 4.44. The summed E-state index contributed by atoms with van der Waals surface area (Å²) in [5, 5.41) is 12.1. The normalized spacial score (nSPS) is 27.1. The molecule has 2 aliphatic rings. The number of hydrogen-bond donors (Lipinski definition) is 2. The quantitative estimate of drug-likeness (QED) is 0.754. The lowest BCUT2D eigenvalue weighted by atomic mass is 9.82. The van der Waals surface area contributed by atoms with E-state index in [1.807, 2.05) is 6.07 Å². The average Bonchev–Trinajstić information content (AvgIpc) is 3.20. The fraction of sp³-hybridized carbons (Fsp3) is 0.412. The highest BCUT2D eigenvalue weighted by atomic mass is 16.5. The Bertz CT molecular complexity index is 686. The van der Waals surface area contributed by atoms with Gasteiger partial charge in [0.25, 0.3) is 0 Å². The number of ether oxygens (including phenoxy) is 3. The number of fused-ring (bicyclic) bond motifs is 2. The van der Waals surface area contributed by atoms with Crippen molar-refractivity contribution in [1.82, 2.24) is 5.32 Å². The van der Waals surface area contributed by atoms with Crippen molar-refractivity contribution in [2.75, 3.05) is 14.2 Å². The van der Waals surface area contributed by atoms with Crippen molar-refractivity contribution >= 4 is 11.9 Å². The third-order valence-electron chi connectivity index (χ3n) is 4.40. The highest BCUT2D eigenvalue weighted by Gasteiger charge is 2.53. The third kappa shape index (κ3) is 2.82. The van der Waals surface area contributed by atoms with Crippen LogP contribution in [-0.2, 0) is 20.9 Å². The number of carboxylic acid groups (broad SMARTS) is 1. The second kappa shape index (κ2) is 6.52. The molecular formula is C17H19NO6. The molecule has 0 radical (unpaired) electrons. The van der Waals surface area contributed by atoms with Crippen LogP contribution >= 0.6 is 0 Å². The lowest BCUT2D eigenvalue weighted by Gasteiger charge is -2.21. The highest BCUT2D eigenvalue weighted by Crippen LogP contribution is 2.39. The first-order valence-corrected chi connectivity index (χ1v) is 7.60. The van der Waals surface area contributed by atoms with Gasteiger partial charge in [-0.3, -0.25) is 9.59 Å². The van der Waals surface area contributed by atoms with Crippen LogP contribution in [0.5, 0.6) is 11.5 Å². The van der Waals surface area contributed by atoms with Crippen LogP contribution in [0.15, 0.2) is 30.4 Å². The standard InChI is InChI=1S/C17H19NO6/c1-22-10-4-3-9(7-13(10)23-2)8-18-16(19)14-11-5-6-12(24-11)15(14)17(20)21/h3-7,11-12,14-15H,8H2,1-2H3,(H,18,19)(H,20,21)/t11-,12-,14+,15-/m0/s1. The minimum Gasteiger partial charge on any atom is -0.493 e. The van der Waals surface area contributed by atoms with Gasteiger partial charge in [0.2, 0.25) is 5.91 Å². The van der Waals surface area contributed by atoms with Gasteiger partial charge in [0, 0.05) is 6.54 Å². The summed E-state index contributed by atoms with van der Waals surface area (Å²) in [6.45, 7) is 0.267. The molecule has 4 atom stereocenters. The molecule has 2 aliphatic heterocycles. The van der Waals surface area contributed by atoms with E-state index in [4.69, 9.17) is 14.2 Å². The topological polar surface area (TPSA) is 94.1 Å². The summed E-state index contributed by atoms with van der Waals surface area (Å²) in [6, 6.07) is 5.34. The van der Waals surface area contributed by atoms with Gasteiger partial charge >= 0.3 is 5.97 Å². The Labute approximate surface area is 139 Å². The van der Waals surface area contributed by atoms with Gasteiger partial charge in [-0.1, -0.05) is 18.2 Å². The van der Waals surface area contributed by atoms with Crippen LogP contribution in [0.1, 0.15) is 5.56 Å². The number of carboxylic acids is 1. The number of aliphatic carboxylic acids is 1. The monoisotopic (exact) mass is 333 g/mol. The van der Waals surface area contributed by atoms with E-state index < -0.39 is 30.0 Å². The van der Waals surface area contributed by atoms with E-state index in [0.717, 1.165) is 5.56 Å². The highest BCUT2D eigenvalue weighted by molar-refractivity contribution is 5.87. The summed E-state index contributed by atoms with van der Waals surface area (Å²) in [7, 11) is 3.09. The fourth-order valence-electron chi connectivity index (χ4n) is 3.21. The maximum atomic E-state index is 12.5. The zero-order valence-electron chi connectivity index (χ0n) is 13.4. The Morgan fingerprint density at radius 3 is 2.42 bits per heavy atom. The van der Waals surface area contributed by atoms with Crippen LogP contribution in [0.3, 0.4) is 0 Å². The van der Waals surface area contributed by atoms with Crippen molar-refractivity contribution in [1.29, 1.82) is 0 Å². The first-order valence-electron chi connectivity index (χ1n) is 7.60. The van der Waals surface area contributed by atoms with Crippen LogP contribution in [-0.4, -0.2) is 43.4 Å². The molecule has 1 saturated heterocycles. The van der Waals surface area contributed by atoms with Crippen LogP contribution < -0.4 is 14.8 Å². The van der Waals surface area contributed by atoms with Gasteiger partial charge in [0.1, 0.15) is 5.92 Å². The lowest BCUT2D eigenvalue weighted by Crippen LogP contribution is -2.42. The zero-order chi connectivity index (χ0) is 17.3. The van der Waals surface area contributed by atoms with Crippen LogP contribution in [0.2, 0.25) is 0 Å². The van der Waals surface area contributed by atoms with Crippen molar-refractivity contribution in [2.45, 2.75) is 18.8 Å². The van der Waals surface area contributed by atoms with Gasteiger partial charge in [-0.05, 0) is 17.7 Å². The summed E-state index contributed by atoms with van der Waals surface area (Å²) in [5.41, 5.74) is 0.826. The summed E-state index contributed by atoms with van der Waals surface area (Å²) in [5.74, 6) is -1.72. The van der Waals surface area contributed by atoms with Crippen molar-refractivity contribution in [2.24, 2.45) is 11.8 Å². The van der Waals surface area contributed by atoms with Crippen molar-refractivity contribution in [3.8, 4) is 11.5 Å². The number of benzene rings is 1. The lowest BCUT2D eigenvalue weighted by molar-refractivity contribution is -0.146. The SMILES string of the molecule is COc1ccc(CNC(=O)[C@H]2[C@@H](C(=O)O)[C@@H]3C=C[C@@H]2O3)cc1OC. The first-order chi connectivity index (χ1) is 11.5. The van der Waals surface area contributed by atoms with Gasteiger partial charge in [-0.15, -0.1) is 0 Å². The molecule has 7 heteroatoms. The number of hydrogen-bond acceptors (Lipinski definition) is 5. The van der Waals surface area contributed by atoms with Gasteiger partial charge in [0.05, 0.1) is 32.3 Å². The van der Waals surface area contributed by atoms with Crippen molar-refractivity contribution < 1.29 is 28.9 Å². The molecule has 7 nitrogen and oxygen atoms in total. The van der Waals surface area contributed by atoms with E-state index in [0.29, 0.717) is 11.5 Å². The van der Waals surface area contributed by atoms with E-state index in [1.165, 1.54) is 7.11 Å². The van der Waals surface area contributed by atoms with Crippen LogP contribution in [0.25, 0.3) is 0 Å². The molecule has 2 heterocycles. The number of methoxy groups -OCH3 is 2. The van der Waals surface area contributed by atoms with Crippen LogP contribution in [0.4, 0.5) is 0 Å². The molecule has 1 amide bonds. The van der Waals surface area contributed by atoms with Gasteiger partial charge in [0.15, 0.2) is 11.5 Å². The van der Waals surface area contributed by atoms with Gasteiger partial charge < -0.3 is 24.6 Å². The molecule has 3 rings (SSSR count). The van der Waals surface area contributed by atoms with Gasteiger partial charge in [-0.25, -0.2) is 0 Å². The smallest absolute Gasteiger partial charge is 0.310 e. The van der Waals surface area contributed by atoms with Crippen LogP contribution in [0, 0.1) is 11.8 Å². The fourth-order valence-corrected chi connectivity index (χ4v) is 3.21. The minimum atomic E-state index is -1.02. The number of amides is 1. The Morgan fingerprint density at radius 2 is 1.79 bits per heavy atom. The largest absolute Gasteiger partial charge is 0.493 e. The molecule has 2 N–H and O–H groups in total. The second-order valence-corrected chi connectivity index (χ2v) is 5.75. The summed E-state index contributed by atoms with van der Waals surface area (Å²) in [4.78, 5) is 23.9. The first kappa shape index (κ1) is 16.3. The molecule has 1 aromatic rings. The van der Waals surface area contributed by atoms with Crippen molar-refractivity contribution in [3.63, 3.8) is 0 Å². The molecule has 0 aromatic heterocycles. The maximum Gasteiger partial charge on any atom is 0.310 e. The number of rotatable bonds is 6. The molecule has 0 unspecified atom stereocenters. The summed E-state index contributed by atoms with van der Waals surface area (Å²) < 4.78 is 15.9. The van der Waals surface area contributed by atoms with E-state index in [1.54, 1.807) is 31.4 Å². The zero-order valence-corrected chi connectivity index (χ0v) is 13.4. The average molecular weight is 333 g/mol. The summed E-state index contributed by atoms with van der Waals surface area (Å²) in [6.07, 6.45) is 2.47. The van der Waals surface area contributed by atoms with E-state index >= 15 is 0 Å². The third-order valence-corrected chi connectivity index (χ3v) is 4.40. The predicted octanol–water partition coefficient (Wildman–Crippen LogP) is 0.974. The molecule has 24 heavy (non-hydrogen) atoms. The number of nitrogens with one attached hydrogen (secondary N) is 1. The van der Waals surface area contributed by atoms with E-state index in [9.17, 15) is 14.7 Å². The van der Waals surface area contributed by atoms with E-state index in [-0.39, 0.29) is 12.5 Å². The Morgan fingerprint density at radius 1 is 1.12 bits per heavy atom. The number of carbonyl (C=O) groups is 2. The molecule has 1 fully saturated rings. The second-order valence-electron chi connectivity index (χ2n) is 5.75. The maximum absolute atomic E-state index is 12.5. The van der Waals surface area contributed by atoms with Gasteiger partial charge in [-0.2, -0.15) is 0 Å². The number of carbonyl (C=O) groups excluding carboxylic acids is 1.